The van der Waals surface area contributed by atoms with E-state index in [4.69, 9.17) is 4.74 Å². The van der Waals surface area contributed by atoms with Crippen molar-refractivity contribution in [3.63, 3.8) is 0 Å². The molecule has 112 valence electrons. The van der Waals surface area contributed by atoms with Crippen molar-refractivity contribution >= 4 is 0 Å². The highest BCUT2D eigenvalue weighted by Gasteiger charge is 2.23. The summed E-state index contributed by atoms with van der Waals surface area (Å²) in [6.45, 7) is 5.02. The molecule has 1 atom stereocenters. The lowest BCUT2D eigenvalue weighted by molar-refractivity contribution is 0.349. The maximum Gasteiger partial charge on any atom is 0.127 e. The molecule has 0 saturated heterocycles. The number of nitrogens with one attached hydrogen (secondary N) is 1. The summed E-state index contributed by atoms with van der Waals surface area (Å²) in [5.41, 5.74) is 6.26. The third kappa shape index (κ3) is 2.44. The molecular formula is C17H23N3O. The van der Waals surface area contributed by atoms with E-state index in [1.807, 2.05) is 18.8 Å². The van der Waals surface area contributed by atoms with Gasteiger partial charge in [-0.3, -0.25) is 4.68 Å². The fourth-order valence-corrected chi connectivity index (χ4v) is 3.20. The molecular weight excluding hydrogens is 262 g/mol. The summed E-state index contributed by atoms with van der Waals surface area (Å²) in [6.07, 6.45) is 1.95. The number of aromatic nitrogens is 2. The lowest BCUT2D eigenvalue weighted by Gasteiger charge is -2.19. The fraction of sp³-hybridized carbons (Fsp3) is 0.471. The maximum atomic E-state index is 5.85. The van der Waals surface area contributed by atoms with Crippen molar-refractivity contribution in [2.75, 3.05) is 13.7 Å². The van der Waals surface area contributed by atoms with Gasteiger partial charge in [0.1, 0.15) is 5.75 Å². The van der Waals surface area contributed by atoms with Gasteiger partial charge in [0.2, 0.25) is 0 Å². The van der Waals surface area contributed by atoms with E-state index in [0.717, 1.165) is 30.9 Å². The second kappa shape index (κ2) is 5.53. The van der Waals surface area contributed by atoms with Crippen molar-refractivity contribution in [2.24, 2.45) is 7.05 Å². The van der Waals surface area contributed by atoms with Crippen molar-refractivity contribution in [3.8, 4) is 5.75 Å². The minimum atomic E-state index is 0.250. The normalized spacial score (nSPS) is 14.9. The number of para-hydroxylation sites is 1. The van der Waals surface area contributed by atoms with Crippen molar-refractivity contribution in [1.29, 1.82) is 0 Å². The Morgan fingerprint density at radius 1 is 1.38 bits per heavy atom. The molecule has 0 saturated carbocycles. The van der Waals surface area contributed by atoms with Gasteiger partial charge >= 0.3 is 0 Å². The highest BCUT2D eigenvalue weighted by Crippen LogP contribution is 2.35. The first-order chi connectivity index (χ1) is 10.1. The number of benzene rings is 1. The van der Waals surface area contributed by atoms with E-state index in [1.54, 1.807) is 0 Å². The SMILES string of the molecule is CNC(Cc1c(C)nn(C)c1C)c1cccc2c1OCC2. The topological polar surface area (TPSA) is 39.1 Å². The van der Waals surface area contributed by atoms with E-state index >= 15 is 0 Å². The van der Waals surface area contributed by atoms with E-state index in [1.165, 1.54) is 22.4 Å². The average molecular weight is 285 g/mol. The first-order valence-corrected chi connectivity index (χ1v) is 7.52. The zero-order valence-corrected chi connectivity index (χ0v) is 13.2. The molecule has 0 spiro atoms. The Morgan fingerprint density at radius 2 is 2.19 bits per heavy atom. The average Bonchev–Trinajstić information content (AvgIpc) is 3.04. The third-order valence-electron chi connectivity index (χ3n) is 4.54. The molecule has 0 fully saturated rings. The summed E-state index contributed by atoms with van der Waals surface area (Å²) in [6, 6.07) is 6.72. The molecule has 1 unspecified atom stereocenters. The monoisotopic (exact) mass is 285 g/mol. The van der Waals surface area contributed by atoms with Gasteiger partial charge in [0.05, 0.1) is 12.3 Å². The number of rotatable bonds is 4. The third-order valence-corrected chi connectivity index (χ3v) is 4.54. The summed E-state index contributed by atoms with van der Waals surface area (Å²) in [5.74, 6) is 1.08. The first kappa shape index (κ1) is 14.1. The van der Waals surface area contributed by atoms with Crippen LogP contribution in [-0.2, 0) is 19.9 Å². The molecule has 2 heterocycles. The zero-order valence-electron chi connectivity index (χ0n) is 13.2. The number of nitrogens with zero attached hydrogens (tertiary/aromatic N) is 2. The smallest absolute Gasteiger partial charge is 0.127 e. The van der Waals surface area contributed by atoms with Crippen LogP contribution in [0.25, 0.3) is 0 Å². The van der Waals surface area contributed by atoms with E-state index in [-0.39, 0.29) is 6.04 Å². The number of hydrogen-bond acceptors (Lipinski definition) is 3. The van der Waals surface area contributed by atoms with Gasteiger partial charge in [0.25, 0.3) is 0 Å². The van der Waals surface area contributed by atoms with Crippen LogP contribution in [0.4, 0.5) is 0 Å². The standard InChI is InChI=1S/C17H23N3O/c1-11-15(12(2)20(4)19-11)10-16(18-3)14-7-5-6-13-8-9-21-17(13)14/h5-7,16,18H,8-10H2,1-4H3. The van der Waals surface area contributed by atoms with Crippen LogP contribution in [0.5, 0.6) is 5.75 Å². The zero-order chi connectivity index (χ0) is 15.0. The van der Waals surface area contributed by atoms with Crippen LogP contribution in [0, 0.1) is 13.8 Å². The number of likely N-dealkylation sites (N-methyl/N-ethyl adjacent to an activating group) is 1. The van der Waals surface area contributed by atoms with Crippen LogP contribution in [0.3, 0.4) is 0 Å². The molecule has 0 amide bonds. The number of ether oxygens (including phenoxy) is 1. The summed E-state index contributed by atoms with van der Waals surface area (Å²) in [4.78, 5) is 0. The molecule has 3 rings (SSSR count). The van der Waals surface area contributed by atoms with Gasteiger partial charge in [-0.2, -0.15) is 5.10 Å². The summed E-state index contributed by atoms with van der Waals surface area (Å²) < 4.78 is 7.82. The van der Waals surface area contributed by atoms with Gasteiger partial charge in [0.15, 0.2) is 0 Å². The Labute approximate surface area is 126 Å². The molecule has 21 heavy (non-hydrogen) atoms. The Balaban J connectivity index is 1.95. The van der Waals surface area contributed by atoms with Gasteiger partial charge in [0, 0.05) is 30.8 Å². The lowest BCUT2D eigenvalue weighted by Crippen LogP contribution is -2.20. The van der Waals surface area contributed by atoms with Gasteiger partial charge in [-0.05, 0) is 38.4 Å². The van der Waals surface area contributed by atoms with Gasteiger partial charge in [-0.1, -0.05) is 18.2 Å². The summed E-state index contributed by atoms with van der Waals surface area (Å²) in [7, 11) is 4.02. The number of aryl methyl sites for hydroxylation is 2. The lowest BCUT2D eigenvalue weighted by atomic mass is 9.95. The van der Waals surface area contributed by atoms with E-state index in [2.05, 4.69) is 42.5 Å². The van der Waals surface area contributed by atoms with Crippen molar-refractivity contribution in [3.05, 3.63) is 46.3 Å². The molecule has 2 aromatic rings. The van der Waals surface area contributed by atoms with Crippen molar-refractivity contribution in [2.45, 2.75) is 32.7 Å². The Bertz CT molecular complexity index is 660. The minimum absolute atomic E-state index is 0.250. The predicted octanol–water partition coefficient (Wildman–Crippen LogP) is 2.48. The Kier molecular flexibility index (Phi) is 3.72. The Morgan fingerprint density at radius 3 is 2.86 bits per heavy atom. The first-order valence-electron chi connectivity index (χ1n) is 7.52. The quantitative estimate of drug-likeness (QED) is 0.938. The van der Waals surface area contributed by atoms with Crippen LogP contribution < -0.4 is 10.1 Å². The molecule has 1 aromatic carbocycles. The fourth-order valence-electron chi connectivity index (χ4n) is 3.20. The van der Waals surface area contributed by atoms with Gasteiger partial charge in [-0.25, -0.2) is 0 Å². The van der Waals surface area contributed by atoms with Crippen LogP contribution in [0.1, 0.15) is 34.1 Å². The maximum absolute atomic E-state index is 5.85. The van der Waals surface area contributed by atoms with Crippen LogP contribution in [-0.4, -0.2) is 23.4 Å². The van der Waals surface area contributed by atoms with E-state index < -0.39 is 0 Å². The van der Waals surface area contributed by atoms with Crippen LogP contribution >= 0.6 is 0 Å². The van der Waals surface area contributed by atoms with Crippen LogP contribution in [0.2, 0.25) is 0 Å². The molecule has 4 heteroatoms. The molecule has 1 aromatic heterocycles. The number of hydrogen-bond donors (Lipinski definition) is 1. The molecule has 1 N–H and O–H groups in total. The van der Waals surface area contributed by atoms with Gasteiger partial charge in [-0.15, -0.1) is 0 Å². The second-order valence-electron chi connectivity index (χ2n) is 5.75. The van der Waals surface area contributed by atoms with Crippen molar-refractivity contribution < 1.29 is 4.74 Å². The second-order valence-corrected chi connectivity index (χ2v) is 5.75. The van der Waals surface area contributed by atoms with E-state index in [0.29, 0.717) is 0 Å². The van der Waals surface area contributed by atoms with Crippen LogP contribution in [0.15, 0.2) is 18.2 Å². The number of fused-ring (bicyclic) bond motifs is 1. The Hall–Kier alpha value is -1.81. The molecule has 0 radical (unpaired) electrons. The van der Waals surface area contributed by atoms with Gasteiger partial charge < -0.3 is 10.1 Å². The van der Waals surface area contributed by atoms with E-state index in [9.17, 15) is 0 Å². The minimum Gasteiger partial charge on any atom is -0.493 e. The molecule has 0 aliphatic carbocycles. The highest BCUT2D eigenvalue weighted by atomic mass is 16.5. The van der Waals surface area contributed by atoms with Crippen molar-refractivity contribution in [1.82, 2.24) is 15.1 Å². The summed E-state index contributed by atoms with van der Waals surface area (Å²) in [5, 5.41) is 7.96. The highest BCUT2D eigenvalue weighted by molar-refractivity contribution is 5.46. The molecule has 0 bridgehead atoms. The summed E-state index contributed by atoms with van der Waals surface area (Å²) >= 11 is 0. The molecule has 1 aliphatic rings. The molecule has 4 nitrogen and oxygen atoms in total. The predicted molar refractivity (Wildman–Crippen MR) is 83.8 cm³/mol. The molecule has 1 aliphatic heterocycles. The largest absolute Gasteiger partial charge is 0.493 e.